The van der Waals surface area contributed by atoms with E-state index in [4.69, 9.17) is 0 Å². The normalized spacial score (nSPS) is 8.50. The molecule has 6 heavy (non-hydrogen) atoms. The minimum Gasteiger partial charge on any atom is -0.0521 e. The molecule has 1 heteroatoms. The van der Waals surface area contributed by atoms with Crippen LogP contribution in [0.3, 0.4) is 0 Å². The fraction of sp³-hybridized carbons (Fsp3) is 0.800. The molecule has 0 rings (SSSR count). The first-order valence-corrected chi connectivity index (χ1v) is 3.19. The first-order chi connectivity index (χ1) is 2.77. The number of hydrogen-bond donors (Lipinski definition) is 0. The Morgan fingerprint density at radius 3 is 2.00 bits per heavy atom. The summed E-state index contributed by atoms with van der Waals surface area (Å²) in [6.07, 6.45) is 0. The Labute approximate surface area is 44.3 Å². The van der Waals surface area contributed by atoms with Crippen LogP contribution >= 0.6 is 11.8 Å². The summed E-state index contributed by atoms with van der Waals surface area (Å²) < 4.78 is 0. The van der Waals surface area contributed by atoms with Crippen molar-refractivity contribution in [2.75, 3.05) is 5.75 Å². The average Bonchev–Trinajstić information content (AvgIpc) is 1.35. The quantitative estimate of drug-likeness (QED) is 0.483. The lowest BCUT2D eigenvalue weighted by molar-refractivity contribution is 1.33. The maximum atomic E-state index is 2.16. The van der Waals surface area contributed by atoms with Crippen LogP contribution in [0.25, 0.3) is 0 Å². The molecule has 0 bridgehead atoms. The van der Waals surface area contributed by atoms with Gasteiger partial charge >= 0.3 is 0 Å². The van der Waals surface area contributed by atoms with E-state index in [9.17, 15) is 0 Å². The smallest absolute Gasteiger partial charge is 0.0521 e. The van der Waals surface area contributed by atoms with Crippen molar-refractivity contribution in [3.8, 4) is 0 Å². The summed E-state index contributed by atoms with van der Waals surface area (Å²) >= 11 is 1.90. The third kappa shape index (κ3) is 4.22. The van der Waals surface area contributed by atoms with E-state index < -0.39 is 0 Å². The van der Waals surface area contributed by atoms with Gasteiger partial charge in [0.1, 0.15) is 0 Å². The Bertz CT molecular complexity index is 25.1. The van der Waals surface area contributed by atoms with Crippen LogP contribution in [0, 0.1) is 5.25 Å². The van der Waals surface area contributed by atoms with Gasteiger partial charge in [-0.25, -0.2) is 0 Å². The average molecular weight is 103 g/mol. The highest BCUT2D eigenvalue weighted by Crippen LogP contribution is 2.14. The Kier molecular flexibility index (Phi) is 3.54. The van der Waals surface area contributed by atoms with Crippen LogP contribution in [0.4, 0.5) is 0 Å². The second-order valence-corrected chi connectivity index (χ2v) is 3.02. The molecule has 0 N–H and O–H groups in total. The van der Waals surface area contributed by atoms with Gasteiger partial charge in [0, 0.05) is 5.75 Å². The molecule has 0 aliphatic heterocycles. The van der Waals surface area contributed by atoms with Crippen molar-refractivity contribution in [3.05, 3.63) is 5.25 Å². The predicted octanol–water partition coefficient (Wildman–Crippen LogP) is 2.31. The number of thioether (sulfide) groups is 1. The van der Waals surface area contributed by atoms with Gasteiger partial charge in [0.2, 0.25) is 0 Å². The van der Waals surface area contributed by atoms with Gasteiger partial charge in [-0.15, -0.1) is 0 Å². The molecule has 0 saturated carbocycles. The van der Waals surface area contributed by atoms with Gasteiger partial charge < -0.3 is 0 Å². The highest BCUT2D eigenvalue weighted by molar-refractivity contribution is 8.02. The Balaban J connectivity index is 2.63. The molecule has 0 heterocycles. The van der Waals surface area contributed by atoms with Crippen molar-refractivity contribution in [2.45, 2.75) is 20.8 Å². The second-order valence-electron chi connectivity index (χ2n) is 1.34. The molecular formula is C5H11S+. The van der Waals surface area contributed by atoms with Crippen LogP contribution in [-0.2, 0) is 0 Å². The van der Waals surface area contributed by atoms with Gasteiger partial charge in [0.15, 0.2) is 5.25 Å². The highest BCUT2D eigenvalue weighted by atomic mass is 32.2. The lowest BCUT2D eigenvalue weighted by Crippen LogP contribution is -1.72. The van der Waals surface area contributed by atoms with Crippen LogP contribution < -0.4 is 0 Å². The summed E-state index contributed by atoms with van der Waals surface area (Å²) in [7, 11) is 0. The lowest BCUT2D eigenvalue weighted by Gasteiger charge is -1.81. The Hall–Kier alpha value is 0.220. The minimum atomic E-state index is 1.21. The molecule has 0 aromatic heterocycles. The molecule has 0 radical (unpaired) electrons. The van der Waals surface area contributed by atoms with E-state index in [1.54, 1.807) is 0 Å². The molecule has 0 aromatic carbocycles. The monoisotopic (exact) mass is 103 g/mol. The summed E-state index contributed by atoms with van der Waals surface area (Å²) in [6.45, 7) is 6.43. The van der Waals surface area contributed by atoms with Crippen LogP contribution in [0.5, 0.6) is 0 Å². The van der Waals surface area contributed by atoms with E-state index >= 15 is 0 Å². The minimum absolute atomic E-state index is 1.21. The van der Waals surface area contributed by atoms with E-state index in [2.05, 4.69) is 20.8 Å². The Morgan fingerprint density at radius 1 is 1.50 bits per heavy atom. The van der Waals surface area contributed by atoms with Crippen LogP contribution in [0.2, 0.25) is 0 Å². The van der Waals surface area contributed by atoms with Crippen molar-refractivity contribution in [3.63, 3.8) is 0 Å². The first kappa shape index (κ1) is 6.22. The van der Waals surface area contributed by atoms with E-state index in [1.165, 1.54) is 11.0 Å². The zero-order valence-electron chi connectivity index (χ0n) is 4.62. The van der Waals surface area contributed by atoms with E-state index in [1.807, 2.05) is 11.8 Å². The summed E-state index contributed by atoms with van der Waals surface area (Å²) in [5.41, 5.74) is 0. The standard InChI is InChI=1S/C5H11S/c1-4-6-5(2)3/h4H2,1-3H3/q+1. The fourth-order valence-electron chi connectivity index (χ4n) is 0.289. The first-order valence-electron chi connectivity index (χ1n) is 2.20. The molecule has 0 amide bonds. The number of rotatable bonds is 2. The predicted molar refractivity (Wildman–Crippen MR) is 32.7 cm³/mol. The van der Waals surface area contributed by atoms with Crippen LogP contribution in [0.15, 0.2) is 0 Å². The van der Waals surface area contributed by atoms with Crippen molar-refractivity contribution in [1.29, 1.82) is 0 Å². The summed E-state index contributed by atoms with van der Waals surface area (Å²) in [5, 5.41) is 1.46. The van der Waals surface area contributed by atoms with Crippen molar-refractivity contribution in [1.82, 2.24) is 0 Å². The van der Waals surface area contributed by atoms with E-state index in [0.29, 0.717) is 0 Å². The SMILES string of the molecule is CCS[C+](C)C. The van der Waals surface area contributed by atoms with Gasteiger partial charge in [-0.2, -0.15) is 0 Å². The van der Waals surface area contributed by atoms with E-state index in [-0.39, 0.29) is 0 Å². The van der Waals surface area contributed by atoms with Crippen LogP contribution in [-0.4, -0.2) is 5.75 Å². The summed E-state index contributed by atoms with van der Waals surface area (Å²) in [5.74, 6) is 1.21. The molecule has 0 atom stereocenters. The van der Waals surface area contributed by atoms with Gasteiger partial charge in [-0.05, 0) is 0 Å². The van der Waals surface area contributed by atoms with Crippen molar-refractivity contribution >= 4 is 11.8 Å². The third-order valence-corrected chi connectivity index (χ3v) is 1.30. The van der Waals surface area contributed by atoms with Crippen molar-refractivity contribution < 1.29 is 0 Å². The fourth-order valence-corrected chi connectivity index (χ4v) is 0.866. The second kappa shape index (κ2) is 3.41. The molecule has 0 aromatic rings. The highest BCUT2D eigenvalue weighted by Gasteiger charge is 2.00. The molecular weight excluding hydrogens is 92.1 g/mol. The van der Waals surface area contributed by atoms with Crippen molar-refractivity contribution in [2.24, 2.45) is 0 Å². The van der Waals surface area contributed by atoms with Gasteiger partial charge in [-0.3, -0.25) is 0 Å². The molecule has 0 saturated heterocycles. The maximum absolute atomic E-state index is 2.16. The van der Waals surface area contributed by atoms with Gasteiger partial charge in [0.25, 0.3) is 0 Å². The van der Waals surface area contributed by atoms with Gasteiger partial charge in [-0.1, -0.05) is 6.92 Å². The topological polar surface area (TPSA) is 0 Å². The molecule has 0 spiro atoms. The van der Waals surface area contributed by atoms with Gasteiger partial charge in [0.05, 0.1) is 25.6 Å². The lowest BCUT2D eigenvalue weighted by atomic mass is 10.6. The zero-order chi connectivity index (χ0) is 4.99. The molecule has 0 fully saturated rings. The zero-order valence-corrected chi connectivity index (χ0v) is 5.43. The molecule has 36 valence electrons. The summed E-state index contributed by atoms with van der Waals surface area (Å²) in [4.78, 5) is 0. The molecule has 0 aliphatic carbocycles. The molecule has 0 unspecified atom stereocenters. The third-order valence-electron chi connectivity index (χ3n) is 0.433. The maximum Gasteiger partial charge on any atom is 0.151 e. The molecule has 0 aliphatic rings. The number of hydrogen-bond acceptors (Lipinski definition) is 1. The Morgan fingerprint density at radius 2 is 2.00 bits per heavy atom. The summed E-state index contributed by atoms with van der Waals surface area (Å²) in [6, 6.07) is 0. The van der Waals surface area contributed by atoms with E-state index in [0.717, 1.165) is 0 Å². The molecule has 0 nitrogen and oxygen atoms in total. The largest absolute Gasteiger partial charge is 0.151 e. The van der Waals surface area contributed by atoms with Crippen LogP contribution in [0.1, 0.15) is 20.8 Å².